The quantitative estimate of drug-likeness (QED) is 0.887. The van der Waals surface area contributed by atoms with Crippen molar-refractivity contribution in [3.8, 4) is 0 Å². The summed E-state index contributed by atoms with van der Waals surface area (Å²) in [6.45, 7) is 1.01. The van der Waals surface area contributed by atoms with Gasteiger partial charge in [0, 0.05) is 18.9 Å². The standard InChI is InChI=1S/C13H19N3S/c1-14-5-4-9-15-16-13(17-9)12-10-7-2-3-8(6-7)11(10)12/h7-8,10-12,14H,2-6H2,1H3. The second-order valence-electron chi connectivity index (χ2n) is 5.90. The SMILES string of the molecule is CNCCc1nnc(C2C3C4CCC(C4)C23)s1. The minimum atomic E-state index is 0.807. The topological polar surface area (TPSA) is 37.8 Å². The van der Waals surface area contributed by atoms with Gasteiger partial charge >= 0.3 is 0 Å². The summed E-state index contributed by atoms with van der Waals surface area (Å²) in [5.74, 6) is 4.89. The molecule has 0 amide bonds. The third-order valence-corrected chi connectivity index (χ3v) is 6.18. The van der Waals surface area contributed by atoms with Gasteiger partial charge in [-0.2, -0.15) is 0 Å². The molecule has 4 rings (SSSR count). The van der Waals surface area contributed by atoms with Crippen molar-refractivity contribution >= 4 is 11.3 Å². The fourth-order valence-corrected chi connectivity index (χ4v) is 5.45. The number of hydrogen-bond acceptors (Lipinski definition) is 4. The van der Waals surface area contributed by atoms with E-state index in [-0.39, 0.29) is 0 Å². The highest BCUT2D eigenvalue weighted by Crippen LogP contribution is 2.73. The summed E-state index contributed by atoms with van der Waals surface area (Å²) in [6, 6.07) is 0. The van der Waals surface area contributed by atoms with Gasteiger partial charge in [0.05, 0.1) is 0 Å². The Morgan fingerprint density at radius 3 is 2.71 bits per heavy atom. The molecule has 1 N–H and O–H groups in total. The van der Waals surface area contributed by atoms with Gasteiger partial charge in [-0.15, -0.1) is 21.5 Å². The summed E-state index contributed by atoms with van der Waals surface area (Å²) in [5, 5.41) is 14.5. The number of fused-ring (bicyclic) bond motifs is 5. The van der Waals surface area contributed by atoms with Crippen LogP contribution >= 0.6 is 11.3 Å². The molecule has 0 radical (unpaired) electrons. The van der Waals surface area contributed by atoms with Crippen LogP contribution in [-0.4, -0.2) is 23.8 Å². The normalized spacial score (nSPS) is 41.8. The van der Waals surface area contributed by atoms with E-state index < -0.39 is 0 Å². The Bertz CT molecular complexity index is 414. The van der Waals surface area contributed by atoms with Crippen LogP contribution in [0, 0.1) is 23.7 Å². The van der Waals surface area contributed by atoms with Crippen molar-refractivity contribution in [2.45, 2.75) is 31.6 Å². The maximum Gasteiger partial charge on any atom is 0.121 e. The van der Waals surface area contributed by atoms with Gasteiger partial charge in [0.25, 0.3) is 0 Å². The van der Waals surface area contributed by atoms with Gasteiger partial charge in [0.15, 0.2) is 0 Å². The van der Waals surface area contributed by atoms with Crippen molar-refractivity contribution in [3.63, 3.8) is 0 Å². The Labute approximate surface area is 106 Å². The van der Waals surface area contributed by atoms with Crippen LogP contribution in [-0.2, 0) is 6.42 Å². The molecule has 0 saturated heterocycles. The molecule has 4 atom stereocenters. The first-order chi connectivity index (χ1) is 8.38. The predicted octanol–water partition coefficient (Wildman–Crippen LogP) is 2.06. The first-order valence-corrected chi connectivity index (χ1v) is 7.67. The summed E-state index contributed by atoms with van der Waals surface area (Å²) >= 11 is 1.87. The van der Waals surface area contributed by atoms with Crippen molar-refractivity contribution in [1.82, 2.24) is 15.5 Å². The molecule has 0 aromatic carbocycles. The third kappa shape index (κ3) is 1.50. The number of hydrogen-bond donors (Lipinski definition) is 1. The molecular formula is C13H19N3S. The van der Waals surface area contributed by atoms with Gasteiger partial charge in [-0.05, 0) is 50.0 Å². The average molecular weight is 249 g/mol. The molecule has 2 bridgehead atoms. The predicted molar refractivity (Wildman–Crippen MR) is 68.1 cm³/mol. The lowest BCUT2D eigenvalue weighted by Crippen LogP contribution is -2.09. The van der Waals surface area contributed by atoms with E-state index >= 15 is 0 Å². The molecular weight excluding hydrogens is 230 g/mol. The van der Waals surface area contributed by atoms with Crippen LogP contribution in [0.1, 0.15) is 35.2 Å². The van der Waals surface area contributed by atoms with Crippen LogP contribution in [0.4, 0.5) is 0 Å². The minimum Gasteiger partial charge on any atom is -0.319 e. The van der Waals surface area contributed by atoms with Crippen LogP contribution in [0.5, 0.6) is 0 Å². The van der Waals surface area contributed by atoms with Crippen LogP contribution in [0.15, 0.2) is 0 Å². The fourth-order valence-electron chi connectivity index (χ4n) is 4.39. The molecule has 3 aliphatic carbocycles. The summed E-state index contributed by atoms with van der Waals surface area (Å²) < 4.78 is 0. The first-order valence-electron chi connectivity index (χ1n) is 6.85. The van der Waals surface area contributed by atoms with Crippen molar-refractivity contribution in [2.75, 3.05) is 13.6 Å². The Morgan fingerprint density at radius 2 is 2.00 bits per heavy atom. The highest BCUT2D eigenvalue weighted by atomic mass is 32.1. The van der Waals surface area contributed by atoms with E-state index in [1.807, 2.05) is 18.4 Å². The zero-order valence-electron chi connectivity index (χ0n) is 10.2. The second-order valence-corrected chi connectivity index (χ2v) is 6.99. The number of nitrogens with one attached hydrogen (secondary N) is 1. The molecule has 0 spiro atoms. The summed E-state index contributed by atoms with van der Waals surface area (Å²) in [4.78, 5) is 0. The van der Waals surface area contributed by atoms with E-state index in [0.29, 0.717) is 0 Å². The highest BCUT2D eigenvalue weighted by Gasteiger charge is 2.66. The molecule has 3 saturated carbocycles. The molecule has 4 unspecified atom stereocenters. The maximum atomic E-state index is 4.45. The van der Waals surface area contributed by atoms with Gasteiger partial charge in [0.1, 0.15) is 10.0 Å². The van der Waals surface area contributed by atoms with Crippen molar-refractivity contribution < 1.29 is 0 Å². The second kappa shape index (κ2) is 3.75. The lowest BCUT2D eigenvalue weighted by Gasteiger charge is -2.04. The molecule has 0 aliphatic heterocycles. The van der Waals surface area contributed by atoms with Crippen LogP contribution in [0.3, 0.4) is 0 Å². The Kier molecular flexibility index (Phi) is 2.31. The van der Waals surface area contributed by atoms with Crippen LogP contribution in [0.25, 0.3) is 0 Å². The number of rotatable bonds is 4. The van der Waals surface area contributed by atoms with Gasteiger partial charge in [0.2, 0.25) is 0 Å². The number of likely N-dealkylation sites (N-methyl/N-ethyl adjacent to an activating group) is 1. The average Bonchev–Trinajstić information content (AvgIpc) is 2.78. The molecule has 1 aromatic heterocycles. The first kappa shape index (κ1) is 10.4. The molecule has 17 heavy (non-hydrogen) atoms. The van der Waals surface area contributed by atoms with Gasteiger partial charge in [-0.25, -0.2) is 0 Å². The van der Waals surface area contributed by atoms with Gasteiger partial charge in [-0.1, -0.05) is 0 Å². The molecule has 1 aromatic rings. The molecule has 92 valence electrons. The molecule has 3 fully saturated rings. The van der Waals surface area contributed by atoms with E-state index in [1.54, 1.807) is 0 Å². The van der Waals surface area contributed by atoms with Crippen LogP contribution in [0.2, 0.25) is 0 Å². The van der Waals surface area contributed by atoms with E-state index in [2.05, 4.69) is 15.5 Å². The lowest BCUT2D eigenvalue weighted by molar-refractivity contribution is 0.456. The number of aromatic nitrogens is 2. The van der Waals surface area contributed by atoms with Crippen LogP contribution < -0.4 is 5.32 Å². The molecule has 1 heterocycles. The van der Waals surface area contributed by atoms with E-state index in [9.17, 15) is 0 Å². The summed E-state index contributed by atoms with van der Waals surface area (Å²) in [6.07, 6.45) is 5.54. The Hall–Kier alpha value is -0.480. The maximum absolute atomic E-state index is 4.45. The minimum absolute atomic E-state index is 0.807. The smallest absolute Gasteiger partial charge is 0.121 e. The van der Waals surface area contributed by atoms with E-state index in [1.165, 1.54) is 29.3 Å². The van der Waals surface area contributed by atoms with Crippen molar-refractivity contribution in [1.29, 1.82) is 0 Å². The zero-order chi connectivity index (χ0) is 11.4. The Balaban J connectivity index is 1.48. The lowest BCUT2D eigenvalue weighted by atomic mass is 10.0. The third-order valence-electron chi connectivity index (χ3n) is 5.09. The van der Waals surface area contributed by atoms with E-state index in [0.717, 1.165) is 42.6 Å². The largest absolute Gasteiger partial charge is 0.319 e. The zero-order valence-corrected chi connectivity index (χ0v) is 11.0. The summed E-state index contributed by atoms with van der Waals surface area (Å²) in [7, 11) is 1.99. The van der Waals surface area contributed by atoms with E-state index in [4.69, 9.17) is 0 Å². The van der Waals surface area contributed by atoms with Gasteiger partial charge in [-0.3, -0.25) is 0 Å². The highest BCUT2D eigenvalue weighted by molar-refractivity contribution is 7.11. The Morgan fingerprint density at radius 1 is 1.24 bits per heavy atom. The molecule has 3 nitrogen and oxygen atoms in total. The molecule has 3 aliphatic rings. The van der Waals surface area contributed by atoms with Gasteiger partial charge < -0.3 is 5.32 Å². The monoisotopic (exact) mass is 249 g/mol. The number of nitrogens with zero attached hydrogens (tertiary/aromatic N) is 2. The summed E-state index contributed by atoms with van der Waals surface area (Å²) in [5.41, 5.74) is 0. The fraction of sp³-hybridized carbons (Fsp3) is 0.846. The van der Waals surface area contributed by atoms with Crippen molar-refractivity contribution in [3.05, 3.63) is 10.0 Å². The van der Waals surface area contributed by atoms with Crippen molar-refractivity contribution in [2.24, 2.45) is 23.7 Å². The molecule has 4 heteroatoms.